The summed E-state index contributed by atoms with van der Waals surface area (Å²) in [5.74, 6) is 0.348. The summed E-state index contributed by atoms with van der Waals surface area (Å²) in [6.45, 7) is 2.42. The van der Waals surface area contributed by atoms with E-state index in [9.17, 15) is 8.42 Å². The number of primary sulfonamides is 1. The summed E-state index contributed by atoms with van der Waals surface area (Å²) < 4.78 is 27.5. The molecule has 0 fully saturated rings. The predicted molar refractivity (Wildman–Crippen MR) is 63.6 cm³/mol. The Morgan fingerprint density at radius 3 is 2.44 bits per heavy atom. The maximum Gasteiger partial charge on any atom is 0.239 e. The van der Waals surface area contributed by atoms with Gasteiger partial charge in [-0.3, -0.25) is 0 Å². The number of hydrogen-bond donors (Lipinski definition) is 1. The molecule has 0 spiro atoms. The zero-order chi connectivity index (χ0) is 12.3. The minimum Gasteiger partial charge on any atom is -0.492 e. The number of sulfonamides is 1. The van der Waals surface area contributed by atoms with Crippen molar-refractivity contribution in [2.75, 3.05) is 6.61 Å². The molecule has 16 heavy (non-hydrogen) atoms. The highest BCUT2D eigenvalue weighted by Gasteiger charge is 2.18. The fourth-order valence-corrected chi connectivity index (χ4v) is 2.42. The average Bonchev–Trinajstić information content (AvgIpc) is 2.18. The molecule has 1 rings (SSSR count). The Morgan fingerprint density at radius 2 is 1.94 bits per heavy atom. The highest BCUT2D eigenvalue weighted by Crippen LogP contribution is 2.36. The maximum absolute atomic E-state index is 11.1. The van der Waals surface area contributed by atoms with E-state index in [2.05, 4.69) is 0 Å². The highest BCUT2D eigenvalue weighted by molar-refractivity contribution is 7.89. The van der Waals surface area contributed by atoms with Crippen LogP contribution in [0.2, 0.25) is 10.0 Å². The summed E-state index contributed by atoms with van der Waals surface area (Å²) in [6, 6.07) is 2.71. The van der Waals surface area contributed by atoms with E-state index >= 15 is 0 Å². The van der Waals surface area contributed by atoms with Gasteiger partial charge in [-0.05, 0) is 18.6 Å². The molecule has 0 bridgehead atoms. The average molecular weight is 284 g/mol. The molecule has 0 aromatic heterocycles. The second-order valence-electron chi connectivity index (χ2n) is 3.08. The highest BCUT2D eigenvalue weighted by atomic mass is 35.5. The molecule has 0 aliphatic rings. The molecular formula is C9H11Cl2NO3S. The van der Waals surface area contributed by atoms with Crippen LogP contribution in [0.15, 0.2) is 17.0 Å². The summed E-state index contributed by atoms with van der Waals surface area (Å²) in [4.78, 5) is -0.206. The number of benzene rings is 1. The molecular weight excluding hydrogens is 273 g/mol. The van der Waals surface area contributed by atoms with Gasteiger partial charge in [-0.25, -0.2) is 13.6 Å². The van der Waals surface area contributed by atoms with Crippen molar-refractivity contribution in [1.29, 1.82) is 0 Å². The molecule has 2 N–H and O–H groups in total. The molecule has 0 amide bonds. The molecule has 0 radical (unpaired) electrons. The molecule has 0 atom stereocenters. The summed E-state index contributed by atoms with van der Waals surface area (Å²) >= 11 is 11.7. The minimum atomic E-state index is -3.87. The normalized spacial score (nSPS) is 11.5. The minimum absolute atomic E-state index is 0.0571. The predicted octanol–water partition coefficient (Wildman–Crippen LogP) is 2.43. The Kier molecular flexibility index (Phi) is 4.43. The third-order valence-corrected chi connectivity index (χ3v) is 3.71. The zero-order valence-corrected chi connectivity index (χ0v) is 10.9. The van der Waals surface area contributed by atoms with Crippen molar-refractivity contribution in [2.24, 2.45) is 5.14 Å². The van der Waals surface area contributed by atoms with Crippen molar-refractivity contribution in [3.63, 3.8) is 0 Å². The smallest absolute Gasteiger partial charge is 0.239 e. The van der Waals surface area contributed by atoms with Gasteiger partial charge in [0.2, 0.25) is 10.0 Å². The van der Waals surface area contributed by atoms with E-state index < -0.39 is 10.0 Å². The van der Waals surface area contributed by atoms with Crippen LogP contribution in [0.1, 0.15) is 13.3 Å². The van der Waals surface area contributed by atoms with Gasteiger partial charge in [-0.2, -0.15) is 0 Å². The van der Waals surface area contributed by atoms with Gasteiger partial charge in [0.05, 0.1) is 11.6 Å². The lowest BCUT2D eigenvalue weighted by Crippen LogP contribution is -2.13. The van der Waals surface area contributed by atoms with Gasteiger partial charge >= 0.3 is 0 Å². The van der Waals surface area contributed by atoms with Crippen molar-refractivity contribution in [3.8, 4) is 5.75 Å². The van der Waals surface area contributed by atoms with Crippen LogP contribution in [0, 0.1) is 0 Å². The Bertz CT molecular complexity index is 488. The van der Waals surface area contributed by atoms with Crippen LogP contribution in [0.25, 0.3) is 0 Å². The number of nitrogens with two attached hydrogens (primary N) is 1. The SMILES string of the molecule is CCCOc1ccc(S(N)(=O)=O)c(Cl)c1Cl. The van der Waals surface area contributed by atoms with Crippen molar-refractivity contribution in [2.45, 2.75) is 18.2 Å². The molecule has 4 nitrogen and oxygen atoms in total. The van der Waals surface area contributed by atoms with Crippen molar-refractivity contribution >= 4 is 33.2 Å². The van der Waals surface area contributed by atoms with Crippen LogP contribution in [0.3, 0.4) is 0 Å². The molecule has 0 aliphatic heterocycles. The van der Waals surface area contributed by atoms with E-state index in [1.807, 2.05) is 6.92 Å². The quantitative estimate of drug-likeness (QED) is 0.923. The molecule has 0 saturated heterocycles. The van der Waals surface area contributed by atoms with Gasteiger partial charge in [-0.1, -0.05) is 30.1 Å². The third-order valence-electron chi connectivity index (χ3n) is 1.78. The lowest BCUT2D eigenvalue weighted by molar-refractivity contribution is 0.317. The first-order chi connectivity index (χ1) is 7.38. The topological polar surface area (TPSA) is 69.4 Å². The monoisotopic (exact) mass is 283 g/mol. The van der Waals surface area contributed by atoms with Crippen LogP contribution >= 0.6 is 23.2 Å². The Morgan fingerprint density at radius 1 is 1.31 bits per heavy atom. The first-order valence-electron chi connectivity index (χ1n) is 4.51. The van der Waals surface area contributed by atoms with E-state index in [4.69, 9.17) is 33.1 Å². The van der Waals surface area contributed by atoms with Gasteiger partial charge in [0.15, 0.2) is 0 Å². The first-order valence-corrected chi connectivity index (χ1v) is 6.81. The van der Waals surface area contributed by atoms with Gasteiger partial charge in [0, 0.05) is 0 Å². The number of halogens is 2. The van der Waals surface area contributed by atoms with Crippen LogP contribution in [-0.2, 0) is 10.0 Å². The number of rotatable bonds is 4. The van der Waals surface area contributed by atoms with E-state index in [-0.39, 0.29) is 14.9 Å². The van der Waals surface area contributed by atoms with E-state index in [1.165, 1.54) is 12.1 Å². The summed E-state index contributed by atoms with van der Waals surface area (Å²) in [5.41, 5.74) is 0. The van der Waals surface area contributed by atoms with E-state index in [0.29, 0.717) is 12.4 Å². The molecule has 7 heteroatoms. The van der Waals surface area contributed by atoms with Gasteiger partial charge in [0.1, 0.15) is 15.7 Å². The fraction of sp³-hybridized carbons (Fsp3) is 0.333. The van der Waals surface area contributed by atoms with Crippen molar-refractivity contribution in [3.05, 3.63) is 22.2 Å². The Labute approximate surface area is 104 Å². The Balaban J connectivity index is 3.19. The lowest BCUT2D eigenvalue weighted by atomic mass is 10.3. The summed E-state index contributed by atoms with van der Waals surface area (Å²) in [5, 5.41) is 4.91. The number of ether oxygens (including phenoxy) is 1. The number of hydrogen-bond acceptors (Lipinski definition) is 3. The van der Waals surface area contributed by atoms with Crippen LogP contribution in [-0.4, -0.2) is 15.0 Å². The molecule has 1 aromatic carbocycles. The van der Waals surface area contributed by atoms with Gasteiger partial charge in [0.25, 0.3) is 0 Å². The lowest BCUT2D eigenvalue weighted by Gasteiger charge is -2.10. The second-order valence-corrected chi connectivity index (χ2v) is 5.37. The van der Waals surface area contributed by atoms with Crippen LogP contribution < -0.4 is 9.88 Å². The third kappa shape index (κ3) is 3.01. The first kappa shape index (κ1) is 13.6. The largest absolute Gasteiger partial charge is 0.492 e. The molecule has 0 unspecified atom stereocenters. The van der Waals surface area contributed by atoms with Crippen molar-refractivity contribution < 1.29 is 13.2 Å². The van der Waals surface area contributed by atoms with Crippen LogP contribution in [0.5, 0.6) is 5.75 Å². The molecule has 0 heterocycles. The second kappa shape index (κ2) is 5.23. The summed E-state index contributed by atoms with van der Waals surface area (Å²) in [6.07, 6.45) is 0.810. The van der Waals surface area contributed by atoms with Gasteiger partial charge < -0.3 is 4.74 Å². The fourth-order valence-electron chi connectivity index (χ4n) is 1.06. The van der Waals surface area contributed by atoms with Crippen molar-refractivity contribution in [1.82, 2.24) is 0 Å². The standard InChI is InChI=1S/C9H11Cl2NO3S/c1-2-5-15-6-3-4-7(16(12,13)14)9(11)8(6)10/h3-4H,2,5H2,1H3,(H2,12,13,14). The van der Waals surface area contributed by atoms with E-state index in [0.717, 1.165) is 6.42 Å². The molecule has 90 valence electrons. The summed E-state index contributed by atoms with van der Waals surface area (Å²) in [7, 11) is -3.87. The zero-order valence-electron chi connectivity index (χ0n) is 8.54. The molecule has 0 saturated carbocycles. The van der Waals surface area contributed by atoms with Gasteiger partial charge in [-0.15, -0.1) is 0 Å². The van der Waals surface area contributed by atoms with E-state index in [1.54, 1.807) is 0 Å². The maximum atomic E-state index is 11.1. The Hall–Kier alpha value is -0.490. The molecule has 0 aliphatic carbocycles. The van der Waals surface area contributed by atoms with Crippen LogP contribution in [0.4, 0.5) is 0 Å². The molecule has 1 aromatic rings.